The molecular weight excluding hydrogens is 380 g/mol. The van der Waals surface area contributed by atoms with Crippen LogP contribution in [0.25, 0.3) is 10.8 Å². The van der Waals surface area contributed by atoms with Gasteiger partial charge >= 0.3 is 0 Å². The molecule has 142 valence electrons. The van der Waals surface area contributed by atoms with E-state index in [1.165, 1.54) is 0 Å². The molecule has 0 aliphatic heterocycles. The fourth-order valence-electron chi connectivity index (χ4n) is 2.80. The smallest absolute Gasteiger partial charge is 0.236 e. The van der Waals surface area contributed by atoms with Crippen molar-refractivity contribution in [2.45, 2.75) is 13.3 Å². The average molecular weight is 398 g/mol. The van der Waals surface area contributed by atoms with Crippen LogP contribution < -0.4 is 5.32 Å². The average Bonchev–Trinajstić information content (AvgIpc) is 3.38. The summed E-state index contributed by atoms with van der Waals surface area (Å²) in [6, 6.07) is 21.2. The third kappa shape index (κ3) is 4.81. The Morgan fingerprint density at radius 3 is 2.62 bits per heavy atom. The lowest BCUT2D eigenvalue weighted by Crippen LogP contribution is -2.15. The van der Waals surface area contributed by atoms with E-state index in [4.69, 9.17) is 4.42 Å². The highest BCUT2D eigenvalue weighted by molar-refractivity contribution is 7.13. The van der Waals surface area contributed by atoms with Crippen LogP contribution in [-0.4, -0.2) is 10.9 Å². The standard InChI is InChI=1S/C24H18N2O2S/c1-17-21(26-24(28-17)22-11-6-14-29-22)16-23(27)25-20-10-5-9-19(15-20)13-12-18-7-3-2-4-8-18/h2-11,14-15H,16H2,1H3,(H,25,27). The van der Waals surface area contributed by atoms with Crippen molar-refractivity contribution in [2.75, 3.05) is 5.32 Å². The SMILES string of the molecule is Cc1oc(-c2cccs2)nc1CC(=O)Nc1cccc(C#Cc2ccccc2)c1. The lowest BCUT2D eigenvalue weighted by atomic mass is 10.1. The number of rotatable bonds is 4. The quantitative estimate of drug-likeness (QED) is 0.475. The summed E-state index contributed by atoms with van der Waals surface area (Å²) in [7, 11) is 0. The zero-order chi connectivity index (χ0) is 20.1. The molecule has 4 nitrogen and oxygen atoms in total. The zero-order valence-corrected chi connectivity index (χ0v) is 16.6. The molecule has 1 N–H and O–H groups in total. The van der Waals surface area contributed by atoms with Gasteiger partial charge < -0.3 is 9.73 Å². The molecule has 0 radical (unpaired) electrons. The molecule has 4 rings (SSSR count). The predicted octanol–water partition coefficient (Wildman–Crippen LogP) is 5.29. The van der Waals surface area contributed by atoms with Gasteiger partial charge in [-0.2, -0.15) is 0 Å². The summed E-state index contributed by atoms with van der Waals surface area (Å²) in [5, 5.41) is 4.88. The summed E-state index contributed by atoms with van der Waals surface area (Å²) in [6.45, 7) is 1.83. The maximum Gasteiger partial charge on any atom is 0.236 e. The summed E-state index contributed by atoms with van der Waals surface area (Å²) in [6.07, 6.45) is 0.153. The van der Waals surface area contributed by atoms with Crippen molar-refractivity contribution in [1.29, 1.82) is 0 Å². The van der Waals surface area contributed by atoms with E-state index in [1.807, 2.05) is 79.0 Å². The number of nitrogens with zero attached hydrogens (tertiary/aromatic N) is 1. The Morgan fingerprint density at radius 2 is 1.83 bits per heavy atom. The van der Waals surface area contributed by atoms with Crippen LogP contribution in [0.3, 0.4) is 0 Å². The molecule has 2 aromatic heterocycles. The van der Waals surface area contributed by atoms with Gasteiger partial charge in [-0.1, -0.05) is 42.2 Å². The Balaban J connectivity index is 1.43. The molecule has 1 amide bonds. The molecule has 5 heteroatoms. The van der Waals surface area contributed by atoms with Gasteiger partial charge in [-0.15, -0.1) is 11.3 Å². The summed E-state index contributed by atoms with van der Waals surface area (Å²) in [5.74, 6) is 7.31. The van der Waals surface area contributed by atoms with Crippen molar-refractivity contribution in [3.8, 4) is 22.6 Å². The number of anilines is 1. The first kappa shape index (κ1) is 18.7. The molecule has 29 heavy (non-hydrogen) atoms. The molecule has 0 fully saturated rings. The van der Waals surface area contributed by atoms with E-state index in [1.54, 1.807) is 11.3 Å². The molecule has 0 unspecified atom stereocenters. The third-order valence-corrected chi connectivity index (χ3v) is 5.08. The van der Waals surface area contributed by atoms with Crippen molar-refractivity contribution in [3.63, 3.8) is 0 Å². The molecule has 0 saturated heterocycles. The van der Waals surface area contributed by atoms with Crippen LogP contribution in [0.2, 0.25) is 0 Å². The normalized spacial score (nSPS) is 10.2. The maximum atomic E-state index is 12.5. The van der Waals surface area contributed by atoms with Crippen LogP contribution in [0.5, 0.6) is 0 Å². The number of benzene rings is 2. The Kier molecular flexibility index (Phi) is 5.55. The number of oxazole rings is 1. The van der Waals surface area contributed by atoms with E-state index in [0.29, 0.717) is 23.0 Å². The monoisotopic (exact) mass is 398 g/mol. The highest BCUT2D eigenvalue weighted by Crippen LogP contribution is 2.26. The van der Waals surface area contributed by atoms with Crippen molar-refractivity contribution in [2.24, 2.45) is 0 Å². The van der Waals surface area contributed by atoms with Gasteiger partial charge in [-0.25, -0.2) is 4.98 Å². The minimum atomic E-state index is -0.146. The van der Waals surface area contributed by atoms with Crippen molar-refractivity contribution < 1.29 is 9.21 Å². The van der Waals surface area contributed by atoms with E-state index in [-0.39, 0.29) is 12.3 Å². The fourth-order valence-corrected chi connectivity index (χ4v) is 3.44. The Morgan fingerprint density at radius 1 is 1.03 bits per heavy atom. The number of aromatic nitrogens is 1. The second-order valence-electron chi connectivity index (χ2n) is 6.42. The first-order valence-electron chi connectivity index (χ1n) is 9.14. The fraction of sp³-hybridized carbons (Fsp3) is 0.0833. The van der Waals surface area contributed by atoms with Gasteiger partial charge in [0.1, 0.15) is 5.76 Å². The maximum absolute atomic E-state index is 12.5. The third-order valence-electron chi connectivity index (χ3n) is 4.22. The Hall–Kier alpha value is -3.62. The van der Waals surface area contributed by atoms with Crippen molar-refractivity contribution in [1.82, 2.24) is 4.98 Å². The summed E-state index contributed by atoms with van der Waals surface area (Å²) >= 11 is 1.55. The van der Waals surface area contributed by atoms with E-state index < -0.39 is 0 Å². The number of hydrogen-bond acceptors (Lipinski definition) is 4. The molecule has 0 spiro atoms. The summed E-state index contributed by atoms with van der Waals surface area (Å²) < 4.78 is 5.70. The number of amides is 1. The van der Waals surface area contributed by atoms with Gasteiger partial charge in [-0.05, 0) is 48.7 Å². The van der Waals surface area contributed by atoms with Crippen molar-refractivity contribution >= 4 is 22.9 Å². The number of thiophene rings is 1. The molecule has 4 aromatic rings. The lowest BCUT2D eigenvalue weighted by Gasteiger charge is -2.04. The summed E-state index contributed by atoms with van der Waals surface area (Å²) in [5.41, 5.74) is 3.13. The molecule has 0 aliphatic carbocycles. The van der Waals surface area contributed by atoms with Gasteiger partial charge in [-0.3, -0.25) is 4.79 Å². The minimum Gasteiger partial charge on any atom is -0.440 e. The van der Waals surface area contributed by atoms with Crippen LogP contribution >= 0.6 is 11.3 Å². The highest BCUT2D eigenvalue weighted by Gasteiger charge is 2.15. The molecule has 2 aromatic carbocycles. The van der Waals surface area contributed by atoms with Gasteiger partial charge in [0.15, 0.2) is 0 Å². The summed E-state index contributed by atoms with van der Waals surface area (Å²) in [4.78, 5) is 17.9. The van der Waals surface area contributed by atoms with Crippen LogP contribution in [0.4, 0.5) is 5.69 Å². The largest absolute Gasteiger partial charge is 0.440 e. The second kappa shape index (κ2) is 8.59. The molecule has 0 atom stereocenters. The Labute approximate surface area is 173 Å². The minimum absolute atomic E-state index is 0.146. The molecule has 0 bridgehead atoms. The molecular formula is C24H18N2O2S. The van der Waals surface area contributed by atoms with E-state index in [9.17, 15) is 4.79 Å². The van der Waals surface area contributed by atoms with E-state index >= 15 is 0 Å². The van der Waals surface area contributed by atoms with Crippen LogP contribution in [0.1, 0.15) is 22.6 Å². The van der Waals surface area contributed by atoms with E-state index in [2.05, 4.69) is 22.1 Å². The van der Waals surface area contributed by atoms with Gasteiger partial charge in [0.05, 0.1) is 17.0 Å². The number of nitrogens with one attached hydrogen (secondary N) is 1. The molecule has 0 saturated carbocycles. The molecule has 0 aliphatic rings. The number of hydrogen-bond donors (Lipinski definition) is 1. The number of aryl methyl sites for hydroxylation is 1. The lowest BCUT2D eigenvalue weighted by molar-refractivity contribution is -0.115. The van der Waals surface area contributed by atoms with Gasteiger partial charge in [0.25, 0.3) is 0 Å². The topological polar surface area (TPSA) is 55.1 Å². The van der Waals surface area contributed by atoms with Gasteiger partial charge in [0, 0.05) is 16.8 Å². The first-order chi connectivity index (χ1) is 14.2. The highest BCUT2D eigenvalue weighted by atomic mass is 32.1. The predicted molar refractivity (Wildman–Crippen MR) is 116 cm³/mol. The second-order valence-corrected chi connectivity index (χ2v) is 7.37. The first-order valence-corrected chi connectivity index (χ1v) is 10.0. The number of carbonyl (C=O) groups is 1. The zero-order valence-electron chi connectivity index (χ0n) is 15.8. The van der Waals surface area contributed by atoms with Crippen LogP contribution in [-0.2, 0) is 11.2 Å². The van der Waals surface area contributed by atoms with Crippen LogP contribution in [0.15, 0.2) is 76.5 Å². The van der Waals surface area contributed by atoms with Crippen molar-refractivity contribution in [3.05, 3.63) is 94.7 Å². The Bertz CT molecular complexity index is 1180. The van der Waals surface area contributed by atoms with Gasteiger partial charge in [0.2, 0.25) is 11.8 Å². The van der Waals surface area contributed by atoms with Crippen LogP contribution in [0, 0.1) is 18.8 Å². The number of carbonyl (C=O) groups excluding carboxylic acids is 1. The molecule has 2 heterocycles. The van der Waals surface area contributed by atoms with E-state index in [0.717, 1.165) is 16.0 Å².